The molecule has 0 saturated carbocycles. The second-order valence-corrected chi connectivity index (χ2v) is 3.85. The Kier molecular flexibility index (Phi) is 1.50. The first-order valence-electron chi connectivity index (χ1n) is 3.77. The number of carbonyl (C=O) groups excluding carboxylic acids is 1. The molecule has 1 aliphatic heterocycles. The highest BCUT2D eigenvalue weighted by Gasteiger charge is 2.44. The maximum absolute atomic E-state index is 11.0. The van der Waals surface area contributed by atoms with Crippen molar-refractivity contribution in [3.63, 3.8) is 0 Å². The third-order valence-corrected chi connectivity index (χ3v) is 2.02. The van der Waals surface area contributed by atoms with Crippen LogP contribution in [0.25, 0.3) is 0 Å². The highest BCUT2D eigenvalue weighted by Crippen LogP contribution is 2.32. The van der Waals surface area contributed by atoms with Crippen molar-refractivity contribution in [1.82, 2.24) is 4.90 Å². The van der Waals surface area contributed by atoms with E-state index in [4.69, 9.17) is 0 Å². The summed E-state index contributed by atoms with van der Waals surface area (Å²) in [5.41, 5.74) is 0.116. The number of β-lactam (4-membered cyclic amide) rings is 1. The average molecular weight is 141 g/mol. The lowest BCUT2D eigenvalue weighted by Crippen LogP contribution is -2.62. The van der Waals surface area contributed by atoms with E-state index in [0.717, 1.165) is 0 Å². The summed E-state index contributed by atoms with van der Waals surface area (Å²) in [4.78, 5) is 13.0. The lowest BCUT2D eigenvalue weighted by molar-refractivity contribution is -0.157. The second-order valence-electron chi connectivity index (χ2n) is 3.85. The van der Waals surface area contributed by atoms with E-state index in [-0.39, 0.29) is 5.54 Å². The van der Waals surface area contributed by atoms with Crippen molar-refractivity contribution in [1.29, 1.82) is 0 Å². The van der Waals surface area contributed by atoms with Crippen LogP contribution < -0.4 is 0 Å². The molecule has 0 aromatic rings. The molecule has 1 rings (SSSR count). The van der Waals surface area contributed by atoms with Gasteiger partial charge in [-0.2, -0.15) is 0 Å². The van der Waals surface area contributed by atoms with Crippen LogP contribution in [0.1, 0.15) is 34.1 Å². The molecule has 1 saturated heterocycles. The van der Waals surface area contributed by atoms with Crippen molar-refractivity contribution in [3.05, 3.63) is 0 Å². The summed E-state index contributed by atoms with van der Waals surface area (Å²) >= 11 is 0. The molecule has 1 heterocycles. The van der Waals surface area contributed by atoms with Crippen LogP contribution in [0.3, 0.4) is 0 Å². The van der Waals surface area contributed by atoms with E-state index in [1.54, 1.807) is 0 Å². The molecule has 0 radical (unpaired) electrons. The predicted octanol–water partition coefficient (Wildman–Crippen LogP) is 1.41. The molecule has 0 aromatic carbocycles. The van der Waals surface area contributed by atoms with E-state index in [0.29, 0.717) is 18.4 Å². The molecule has 0 N–H and O–H groups in total. The number of hydrogen-bond donors (Lipinski definition) is 0. The molecule has 1 amide bonds. The van der Waals surface area contributed by atoms with Crippen LogP contribution in [-0.4, -0.2) is 22.4 Å². The van der Waals surface area contributed by atoms with Crippen molar-refractivity contribution in [2.45, 2.75) is 45.7 Å². The van der Waals surface area contributed by atoms with Gasteiger partial charge in [-0.15, -0.1) is 0 Å². The van der Waals surface area contributed by atoms with Crippen molar-refractivity contribution < 1.29 is 4.79 Å². The number of nitrogens with zero attached hydrogens (tertiary/aromatic N) is 1. The minimum Gasteiger partial charge on any atom is -0.335 e. The van der Waals surface area contributed by atoms with Gasteiger partial charge in [0, 0.05) is 18.0 Å². The van der Waals surface area contributed by atoms with E-state index < -0.39 is 0 Å². The molecule has 0 spiro atoms. The third-order valence-electron chi connectivity index (χ3n) is 2.02. The van der Waals surface area contributed by atoms with Crippen LogP contribution in [-0.2, 0) is 4.79 Å². The van der Waals surface area contributed by atoms with Crippen LogP contribution in [0.4, 0.5) is 0 Å². The molecule has 58 valence electrons. The molecule has 0 aliphatic carbocycles. The van der Waals surface area contributed by atoms with Gasteiger partial charge in [0.1, 0.15) is 0 Å². The summed E-state index contributed by atoms with van der Waals surface area (Å²) in [6.07, 6.45) is 0.713. The van der Waals surface area contributed by atoms with Gasteiger partial charge in [0.25, 0.3) is 0 Å². The molecule has 1 aliphatic rings. The highest BCUT2D eigenvalue weighted by molar-refractivity contribution is 5.84. The number of amides is 1. The Morgan fingerprint density at radius 3 is 2.10 bits per heavy atom. The molecular formula is C8H15NO. The highest BCUT2D eigenvalue weighted by atomic mass is 16.2. The molecule has 2 heteroatoms. The maximum Gasteiger partial charge on any atom is 0.225 e. The largest absolute Gasteiger partial charge is 0.335 e. The van der Waals surface area contributed by atoms with Crippen molar-refractivity contribution in [2.75, 3.05) is 0 Å². The Labute approximate surface area is 62.2 Å². The van der Waals surface area contributed by atoms with E-state index >= 15 is 0 Å². The topological polar surface area (TPSA) is 20.3 Å². The van der Waals surface area contributed by atoms with Crippen LogP contribution in [0.15, 0.2) is 0 Å². The van der Waals surface area contributed by atoms with Crippen molar-refractivity contribution >= 4 is 5.91 Å². The first kappa shape index (κ1) is 7.58. The number of carbonyl (C=O) groups is 1. The van der Waals surface area contributed by atoms with Gasteiger partial charge in [0.2, 0.25) is 5.91 Å². The zero-order chi connectivity index (χ0) is 7.94. The lowest BCUT2D eigenvalue weighted by atomic mass is 9.86. The second kappa shape index (κ2) is 1.97. The van der Waals surface area contributed by atoms with Crippen LogP contribution in [0.2, 0.25) is 0 Å². The van der Waals surface area contributed by atoms with Crippen molar-refractivity contribution in [3.8, 4) is 0 Å². The van der Waals surface area contributed by atoms with Gasteiger partial charge < -0.3 is 4.90 Å². The molecule has 1 fully saturated rings. The molecule has 0 bridgehead atoms. The smallest absolute Gasteiger partial charge is 0.225 e. The first-order valence-corrected chi connectivity index (χ1v) is 3.77. The standard InChI is InChI=1S/C8H15NO/c1-6(2)9-7(10)5-8(9,3)4/h6H,5H2,1-4H3. The van der Waals surface area contributed by atoms with E-state index in [9.17, 15) is 4.79 Å². The zero-order valence-corrected chi connectivity index (χ0v) is 7.14. The number of rotatable bonds is 1. The van der Waals surface area contributed by atoms with E-state index in [1.807, 2.05) is 4.90 Å². The average Bonchev–Trinajstić information content (AvgIpc) is 1.58. The summed E-state index contributed by atoms with van der Waals surface area (Å²) in [5, 5.41) is 0. The lowest BCUT2D eigenvalue weighted by Gasteiger charge is -2.50. The summed E-state index contributed by atoms with van der Waals surface area (Å²) in [7, 11) is 0. The fraction of sp³-hybridized carbons (Fsp3) is 0.875. The maximum atomic E-state index is 11.0. The third kappa shape index (κ3) is 0.917. The number of hydrogen-bond acceptors (Lipinski definition) is 1. The summed E-state index contributed by atoms with van der Waals surface area (Å²) < 4.78 is 0. The van der Waals surface area contributed by atoms with Crippen LogP contribution in [0, 0.1) is 0 Å². The van der Waals surface area contributed by atoms with Crippen LogP contribution in [0.5, 0.6) is 0 Å². The van der Waals surface area contributed by atoms with Gasteiger partial charge in [-0.3, -0.25) is 4.79 Å². The monoisotopic (exact) mass is 141 g/mol. The minimum absolute atomic E-state index is 0.116. The predicted molar refractivity (Wildman–Crippen MR) is 40.7 cm³/mol. The molecule has 2 nitrogen and oxygen atoms in total. The van der Waals surface area contributed by atoms with Crippen LogP contribution >= 0.6 is 0 Å². The fourth-order valence-corrected chi connectivity index (χ4v) is 1.77. The Balaban J connectivity index is 2.66. The minimum atomic E-state index is 0.116. The van der Waals surface area contributed by atoms with Gasteiger partial charge in [0.15, 0.2) is 0 Å². The normalized spacial score (nSPS) is 23.3. The van der Waals surface area contributed by atoms with Gasteiger partial charge >= 0.3 is 0 Å². The Morgan fingerprint density at radius 2 is 2.00 bits per heavy atom. The van der Waals surface area contributed by atoms with Gasteiger partial charge in [-0.05, 0) is 27.7 Å². The first-order chi connectivity index (χ1) is 4.45. The van der Waals surface area contributed by atoms with Gasteiger partial charge in [0.05, 0.1) is 0 Å². The van der Waals surface area contributed by atoms with Gasteiger partial charge in [-0.1, -0.05) is 0 Å². The molecule has 0 unspecified atom stereocenters. The quantitative estimate of drug-likeness (QED) is 0.505. The Bertz CT molecular complexity index is 161. The fourth-order valence-electron chi connectivity index (χ4n) is 1.77. The molecule has 0 aromatic heterocycles. The molecule has 10 heavy (non-hydrogen) atoms. The zero-order valence-electron chi connectivity index (χ0n) is 7.14. The summed E-state index contributed by atoms with van der Waals surface area (Å²) in [6, 6.07) is 0.358. The molecular weight excluding hydrogens is 126 g/mol. The van der Waals surface area contributed by atoms with E-state index in [2.05, 4.69) is 27.7 Å². The molecule has 0 atom stereocenters. The Hall–Kier alpha value is -0.530. The van der Waals surface area contributed by atoms with Crippen molar-refractivity contribution in [2.24, 2.45) is 0 Å². The van der Waals surface area contributed by atoms with Gasteiger partial charge in [-0.25, -0.2) is 0 Å². The Morgan fingerprint density at radius 1 is 1.50 bits per heavy atom. The SMILES string of the molecule is CC(C)N1C(=O)CC1(C)C. The van der Waals surface area contributed by atoms with E-state index in [1.165, 1.54) is 0 Å². The summed E-state index contributed by atoms with van der Waals surface area (Å²) in [6.45, 7) is 8.32. The number of likely N-dealkylation sites (tertiary alicyclic amines) is 1. The summed E-state index contributed by atoms with van der Waals surface area (Å²) in [5.74, 6) is 0.292.